The Balaban J connectivity index is 1.80. The van der Waals surface area contributed by atoms with E-state index in [1.165, 1.54) is 12.1 Å². The quantitative estimate of drug-likeness (QED) is 0.336. The number of fused-ring (bicyclic) bond motifs is 1. The molecule has 0 aliphatic carbocycles. The zero-order chi connectivity index (χ0) is 22.0. The van der Waals surface area contributed by atoms with Crippen LogP contribution in [-0.2, 0) is 14.8 Å². The van der Waals surface area contributed by atoms with Crippen molar-refractivity contribution in [1.82, 2.24) is 0 Å². The van der Waals surface area contributed by atoms with E-state index in [0.717, 1.165) is 10.0 Å². The first-order valence-corrected chi connectivity index (χ1v) is 11.7. The average molecular weight is 500 g/mol. The smallest absolute Gasteiger partial charge is 0.342 e. The SMILES string of the molecule is CCOC(=O)c1c(-c2ccccc2)oc2ccc(NS(=O)(=O)c3ccc(Br)cc3)cc12. The molecule has 31 heavy (non-hydrogen) atoms. The Morgan fingerprint density at radius 1 is 1.03 bits per heavy atom. The molecule has 0 saturated carbocycles. The van der Waals surface area contributed by atoms with Crippen molar-refractivity contribution < 1.29 is 22.4 Å². The maximum absolute atomic E-state index is 12.8. The van der Waals surface area contributed by atoms with Crippen molar-refractivity contribution in [3.63, 3.8) is 0 Å². The molecule has 1 heterocycles. The Labute approximate surface area is 188 Å². The summed E-state index contributed by atoms with van der Waals surface area (Å²) in [5.74, 6) is -0.157. The van der Waals surface area contributed by atoms with Gasteiger partial charge in [-0.3, -0.25) is 4.72 Å². The van der Waals surface area contributed by atoms with Crippen molar-refractivity contribution in [2.45, 2.75) is 11.8 Å². The molecule has 158 valence electrons. The average Bonchev–Trinajstić information content (AvgIpc) is 3.13. The molecule has 0 fully saturated rings. The van der Waals surface area contributed by atoms with Gasteiger partial charge in [0.25, 0.3) is 10.0 Å². The summed E-state index contributed by atoms with van der Waals surface area (Å²) in [6.45, 7) is 1.93. The second kappa shape index (κ2) is 8.56. The highest BCUT2D eigenvalue weighted by atomic mass is 79.9. The molecule has 1 aromatic heterocycles. The van der Waals surface area contributed by atoms with Crippen LogP contribution >= 0.6 is 15.9 Å². The van der Waals surface area contributed by atoms with E-state index in [9.17, 15) is 13.2 Å². The first-order valence-electron chi connectivity index (χ1n) is 9.46. The van der Waals surface area contributed by atoms with Crippen LogP contribution < -0.4 is 4.72 Å². The molecule has 0 saturated heterocycles. The summed E-state index contributed by atoms with van der Waals surface area (Å²) in [5.41, 5.74) is 1.74. The van der Waals surface area contributed by atoms with Crippen molar-refractivity contribution in [2.24, 2.45) is 0 Å². The standard InChI is InChI=1S/C23H18BrNO5S/c1-2-29-23(26)21-19-14-17(25-31(27,28)18-11-8-16(24)9-12-18)10-13-20(19)30-22(21)15-6-4-3-5-7-15/h3-14,25H,2H2,1H3. The van der Waals surface area contributed by atoms with E-state index in [1.54, 1.807) is 37.3 Å². The largest absolute Gasteiger partial charge is 0.462 e. The fourth-order valence-electron chi connectivity index (χ4n) is 3.19. The highest BCUT2D eigenvalue weighted by Crippen LogP contribution is 2.36. The topological polar surface area (TPSA) is 85.6 Å². The molecule has 3 aromatic carbocycles. The van der Waals surface area contributed by atoms with E-state index in [4.69, 9.17) is 9.15 Å². The number of halogens is 1. The molecule has 8 heteroatoms. The lowest BCUT2D eigenvalue weighted by Crippen LogP contribution is -2.12. The Morgan fingerprint density at radius 2 is 1.74 bits per heavy atom. The normalized spacial score (nSPS) is 11.4. The molecule has 0 aliphatic heterocycles. The number of carbonyl (C=O) groups is 1. The Kier molecular flexibility index (Phi) is 5.84. The Bertz CT molecular complexity index is 1350. The lowest BCUT2D eigenvalue weighted by molar-refractivity contribution is 0.0528. The van der Waals surface area contributed by atoms with Crippen molar-refractivity contribution >= 4 is 48.6 Å². The van der Waals surface area contributed by atoms with Crippen molar-refractivity contribution in [3.8, 4) is 11.3 Å². The molecular formula is C23H18BrNO5S. The number of nitrogens with one attached hydrogen (secondary N) is 1. The van der Waals surface area contributed by atoms with Gasteiger partial charge in [0, 0.05) is 21.1 Å². The van der Waals surface area contributed by atoms with Crippen LogP contribution in [0.3, 0.4) is 0 Å². The number of benzene rings is 3. The summed E-state index contributed by atoms with van der Waals surface area (Å²) in [6, 6.07) is 20.3. The van der Waals surface area contributed by atoms with Crippen LogP contribution in [0, 0.1) is 0 Å². The fraction of sp³-hybridized carbons (Fsp3) is 0.0870. The predicted octanol–water partition coefficient (Wildman–Crippen LogP) is 5.84. The van der Waals surface area contributed by atoms with Gasteiger partial charge in [0.2, 0.25) is 0 Å². The first kappa shape index (κ1) is 21.1. The molecule has 6 nitrogen and oxygen atoms in total. The van der Waals surface area contributed by atoms with Crippen LogP contribution in [-0.4, -0.2) is 21.0 Å². The van der Waals surface area contributed by atoms with Crippen LogP contribution in [0.1, 0.15) is 17.3 Å². The summed E-state index contributed by atoms with van der Waals surface area (Å²) in [6.07, 6.45) is 0. The highest BCUT2D eigenvalue weighted by Gasteiger charge is 2.24. The number of furan rings is 1. The number of esters is 1. The summed E-state index contributed by atoms with van der Waals surface area (Å²) in [4.78, 5) is 12.9. The van der Waals surface area contributed by atoms with Crippen molar-refractivity contribution in [1.29, 1.82) is 0 Å². The van der Waals surface area contributed by atoms with Gasteiger partial charge in [0.05, 0.1) is 11.5 Å². The third-order valence-electron chi connectivity index (χ3n) is 4.58. The number of sulfonamides is 1. The van der Waals surface area contributed by atoms with E-state index < -0.39 is 16.0 Å². The van der Waals surface area contributed by atoms with Gasteiger partial charge < -0.3 is 9.15 Å². The number of ether oxygens (including phenoxy) is 1. The number of hydrogen-bond acceptors (Lipinski definition) is 5. The lowest BCUT2D eigenvalue weighted by atomic mass is 10.1. The van der Waals surface area contributed by atoms with Crippen molar-refractivity contribution in [2.75, 3.05) is 11.3 Å². The summed E-state index contributed by atoms with van der Waals surface area (Å²) >= 11 is 3.29. The van der Waals surface area contributed by atoms with E-state index in [2.05, 4.69) is 20.7 Å². The van der Waals surface area contributed by atoms with Crippen LogP contribution in [0.15, 0.2) is 86.6 Å². The minimum absolute atomic E-state index is 0.124. The lowest BCUT2D eigenvalue weighted by Gasteiger charge is -2.08. The summed E-state index contributed by atoms with van der Waals surface area (Å²) in [5, 5.41) is 0.466. The van der Waals surface area contributed by atoms with Crippen LogP contribution in [0.4, 0.5) is 5.69 Å². The third kappa shape index (κ3) is 4.35. The molecule has 0 unspecified atom stereocenters. The van der Waals surface area contributed by atoms with E-state index in [-0.39, 0.29) is 17.1 Å². The molecule has 0 amide bonds. The van der Waals surface area contributed by atoms with Crippen LogP contribution in [0.2, 0.25) is 0 Å². The minimum Gasteiger partial charge on any atom is -0.462 e. The van der Waals surface area contributed by atoms with Crippen LogP contribution in [0.5, 0.6) is 0 Å². The molecule has 0 aliphatic rings. The number of rotatable bonds is 6. The summed E-state index contributed by atoms with van der Waals surface area (Å²) < 4.78 is 40.0. The first-order chi connectivity index (χ1) is 14.9. The Hall–Kier alpha value is -3.10. The van der Waals surface area contributed by atoms with E-state index in [0.29, 0.717) is 22.4 Å². The third-order valence-corrected chi connectivity index (χ3v) is 6.51. The Morgan fingerprint density at radius 3 is 2.42 bits per heavy atom. The number of hydrogen-bond donors (Lipinski definition) is 1. The van der Waals surface area contributed by atoms with Gasteiger partial charge in [-0.2, -0.15) is 0 Å². The molecule has 0 bridgehead atoms. The van der Waals surface area contributed by atoms with Gasteiger partial charge in [0.1, 0.15) is 16.9 Å². The molecule has 1 N–H and O–H groups in total. The molecular weight excluding hydrogens is 482 g/mol. The van der Waals surface area contributed by atoms with E-state index >= 15 is 0 Å². The van der Waals surface area contributed by atoms with Gasteiger partial charge in [-0.25, -0.2) is 13.2 Å². The van der Waals surface area contributed by atoms with Gasteiger partial charge in [-0.15, -0.1) is 0 Å². The second-order valence-electron chi connectivity index (χ2n) is 6.66. The molecule has 4 rings (SSSR count). The zero-order valence-electron chi connectivity index (χ0n) is 16.5. The van der Waals surface area contributed by atoms with Crippen molar-refractivity contribution in [3.05, 3.63) is 82.8 Å². The maximum Gasteiger partial charge on any atom is 0.342 e. The monoisotopic (exact) mass is 499 g/mol. The molecule has 0 atom stereocenters. The van der Waals surface area contributed by atoms with Gasteiger partial charge in [-0.1, -0.05) is 46.3 Å². The minimum atomic E-state index is -3.81. The van der Waals surface area contributed by atoms with Crippen LogP contribution in [0.25, 0.3) is 22.3 Å². The summed E-state index contributed by atoms with van der Waals surface area (Å²) in [7, 11) is -3.81. The van der Waals surface area contributed by atoms with Gasteiger partial charge in [-0.05, 0) is 49.4 Å². The molecule has 4 aromatic rings. The zero-order valence-corrected chi connectivity index (χ0v) is 18.9. The number of anilines is 1. The number of carbonyl (C=O) groups excluding carboxylic acids is 1. The second-order valence-corrected chi connectivity index (χ2v) is 9.26. The maximum atomic E-state index is 12.8. The molecule has 0 spiro atoms. The predicted molar refractivity (Wildman–Crippen MR) is 123 cm³/mol. The molecule has 0 radical (unpaired) electrons. The van der Waals surface area contributed by atoms with Gasteiger partial charge >= 0.3 is 5.97 Å². The fourth-order valence-corrected chi connectivity index (χ4v) is 4.50. The van der Waals surface area contributed by atoms with Gasteiger partial charge in [0.15, 0.2) is 0 Å². The highest BCUT2D eigenvalue weighted by molar-refractivity contribution is 9.10. The van der Waals surface area contributed by atoms with E-state index in [1.807, 2.05) is 30.3 Å².